The fourth-order valence-electron chi connectivity index (χ4n) is 4.83. The van der Waals surface area contributed by atoms with Gasteiger partial charge >= 0.3 is 5.97 Å². The molecule has 9 heteroatoms. The van der Waals surface area contributed by atoms with E-state index >= 15 is 0 Å². The number of nitrogens with zero attached hydrogens (tertiary/aromatic N) is 1. The van der Waals surface area contributed by atoms with Gasteiger partial charge in [-0.3, -0.25) is 24.1 Å². The highest BCUT2D eigenvalue weighted by atomic mass is 16.7. The molecule has 3 aliphatic heterocycles. The smallest absolute Gasteiger partial charge is 0.310 e. The number of methoxy groups -OCH3 is 1. The summed E-state index contributed by atoms with van der Waals surface area (Å²) in [6.45, 7) is 4.03. The second-order valence-electron chi connectivity index (χ2n) is 9.14. The first-order chi connectivity index (χ1) is 15.8. The Kier molecular flexibility index (Phi) is 6.69. The highest BCUT2D eigenvalue weighted by Crippen LogP contribution is 2.39. The summed E-state index contributed by atoms with van der Waals surface area (Å²) in [5, 5.41) is 5.74. The van der Waals surface area contributed by atoms with Crippen LogP contribution in [0.1, 0.15) is 50.7 Å². The van der Waals surface area contributed by atoms with E-state index < -0.39 is 30.4 Å². The monoisotopic (exact) mass is 457 g/mol. The Labute approximate surface area is 193 Å². The molecule has 0 bridgehead atoms. The molecule has 2 N–H and O–H groups in total. The zero-order valence-corrected chi connectivity index (χ0v) is 19.3. The summed E-state index contributed by atoms with van der Waals surface area (Å²) in [6.07, 6.45) is 1.87. The number of anilines is 1. The molecule has 9 nitrogen and oxygen atoms in total. The summed E-state index contributed by atoms with van der Waals surface area (Å²) in [7, 11) is 1.41. The molecule has 1 aromatic carbocycles. The van der Waals surface area contributed by atoms with Crippen LogP contribution in [0.2, 0.25) is 0 Å². The minimum atomic E-state index is -0.854. The van der Waals surface area contributed by atoms with Crippen molar-refractivity contribution in [1.29, 1.82) is 0 Å². The van der Waals surface area contributed by atoms with Gasteiger partial charge in [-0.2, -0.15) is 0 Å². The van der Waals surface area contributed by atoms with Gasteiger partial charge in [-0.25, -0.2) is 0 Å². The molecule has 0 spiro atoms. The maximum atomic E-state index is 13.6. The highest BCUT2D eigenvalue weighted by Gasteiger charge is 2.45. The zero-order chi connectivity index (χ0) is 23.7. The lowest BCUT2D eigenvalue weighted by Crippen LogP contribution is -2.56. The minimum absolute atomic E-state index is 0.0113. The van der Waals surface area contributed by atoms with E-state index in [0.717, 1.165) is 23.2 Å². The molecule has 1 saturated heterocycles. The van der Waals surface area contributed by atoms with Gasteiger partial charge in [0, 0.05) is 20.0 Å². The second kappa shape index (κ2) is 9.51. The Balaban J connectivity index is 1.56. The van der Waals surface area contributed by atoms with Crippen LogP contribution in [0.15, 0.2) is 18.2 Å². The number of benzene rings is 1. The van der Waals surface area contributed by atoms with Crippen LogP contribution < -0.4 is 15.5 Å². The molecule has 0 aliphatic carbocycles. The van der Waals surface area contributed by atoms with Gasteiger partial charge in [0.1, 0.15) is 18.1 Å². The minimum Gasteiger partial charge on any atom is -0.433 e. The summed E-state index contributed by atoms with van der Waals surface area (Å²) >= 11 is 0. The standard InChI is InChI=1S/C24H31N3O6/c1-4-13(2)10-19(28)25-16-9-8-14-6-5-7-15-11-18(27(21(14)15)23(16)31)22(30)26-17-12-20(29)33-24(17)32-3/h5-7,13,16-18,24H,4,8-12H2,1-3H3,(H,25,28)(H,26,30)/t13-,16-,17?,18-,24?/m0/s1. The first-order valence-corrected chi connectivity index (χ1v) is 11.6. The van der Waals surface area contributed by atoms with Crippen molar-refractivity contribution in [2.75, 3.05) is 12.0 Å². The summed E-state index contributed by atoms with van der Waals surface area (Å²) in [6, 6.07) is 3.74. The number of ether oxygens (including phenoxy) is 2. The lowest BCUT2D eigenvalue weighted by molar-refractivity contribution is -0.160. The van der Waals surface area contributed by atoms with Crippen LogP contribution in [0, 0.1) is 5.92 Å². The number of aryl methyl sites for hydroxylation is 1. The number of hydrogen-bond donors (Lipinski definition) is 2. The Morgan fingerprint density at radius 1 is 1.21 bits per heavy atom. The van der Waals surface area contributed by atoms with E-state index in [1.807, 2.05) is 32.0 Å². The first-order valence-electron chi connectivity index (χ1n) is 11.6. The third-order valence-electron chi connectivity index (χ3n) is 6.80. The third-order valence-corrected chi connectivity index (χ3v) is 6.80. The first kappa shape index (κ1) is 23.2. The van der Waals surface area contributed by atoms with Crippen LogP contribution in [0.4, 0.5) is 5.69 Å². The van der Waals surface area contributed by atoms with Gasteiger partial charge in [0.05, 0.1) is 12.1 Å². The lowest BCUT2D eigenvalue weighted by Gasteiger charge is -2.29. The molecule has 3 amide bonds. The number of hydrogen-bond acceptors (Lipinski definition) is 6. The van der Waals surface area contributed by atoms with Gasteiger partial charge in [0.2, 0.25) is 24.0 Å². The van der Waals surface area contributed by atoms with Crippen molar-refractivity contribution in [1.82, 2.24) is 10.6 Å². The Morgan fingerprint density at radius 2 is 1.97 bits per heavy atom. The van der Waals surface area contributed by atoms with Crippen LogP contribution in [0.25, 0.3) is 0 Å². The number of para-hydroxylation sites is 1. The summed E-state index contributed by atoms with van der Waals surface area (Å²) in [5.74, 6) is -1.02. The molecule has 3 heterocycles. The van der Waals surface area contributed by atoms with Gasteiger partial charge < -0.3 is 20.1 Å². The topological polar surface area (TPSA) is 114 Å². The molecule has 5 atom stereocenters. The molecule has 2 unspecified atom stereocenters. The van der Waals surface area contributed by atoms with Crippen LogP contribution in [0.5, 0.6) is 0 Å². The largest absolute Gasteiger partial charge is 0.433 e. The number of nitrogens with one attached hydrogen (secondary N) is 2. The van der Waals surface area contributed by atoms with Crippen LogP contribution in [0.3, 0.4) is 0 Å². The van der Waals surface area contributed by atoms with Crippen molar-refractivity contribution < 1.29 is 28.7 Å². The molecular weight excluding hydrogens is 426 g/mol. The molecule has 0 saturated carbocycles. The fourth-order valence-corrected chi connectivity index (χ4v) is 4.83. The number of carbonyl (C=O) groups excluding carboxylic acids is 4. The average molecular weight is 458 g/mol. The Morgan fingerprint density at radius 3 is 2.70 bits per heavy atom. The maximum absolute atomic E-state index is 13.6. The van der Waals surface area contributed by atoms with E-state index in [0.29, 0.717) is 25.7 Å². The van der Waals surface area contributed by atoms with Crippen LogP contribution in [-0.4, -0.2) is 55.2 Å². The summed E-state index contributed by atoms with van der Waals surface area (Å²) < 4.78 is 10.2. The molecule has 178 valence electrons. The van der Waals surface area contributed by atoms with Gasteiger partial charge in [-0.1, -0.05) is 38.5 Å². The van der Waals surface area contributed by atoms with E-state index in [9.17, 15) is 19.2 Å². The number of rotatable bonds is 7. The quantitative estimate of drug-likeness (QED) is 0.595. The second-order valence-corrected chi connectivity index (χ2v) is 9.14. The van der Waals surface area contributed by atoms with Crippen molar-refractivity contribution in [3.63, 3.8) is 0 Å². The summed E-state index contributed by atoms with van der Waals surface area (Å²) in [5.41, 5.74) is 2.68. The van der Waals surface area contributed by atoms with Crippen LogP contribution >= 0.6 is 0 Å². The molecule has 3 aliphatic rings. The van der Waals surface area contributed by atoms with Crippen molar-refractivity contribution in [3.8, 4) is 0 Å². The number of cyclic esters (lactones) is 1. The van der Waals surface area contributed by atoms with E-state index in [2.05, 4.69) is 10.6 Å². The maximum Gasteiger partial charge on any atom is 0.310 e. The van der Waals surface area contributed by atoms with E-state index in [1.54, 1.807) is 4.90 Å². The summed E-state index contributed by atoms with van der Waals surface area (Å²) in [4.78, 5) is 52.7. The predicted octanol–water partition coefficient (Wildman–Crippen LogP) is 1.22. The van der Waals surface area contributed by atoms with Crippen molar-refractivity contribution in [2.24, 2.45) is 5.92 Å². The van der Waals surface area contributed by atoms with Gasteiger partial charge in [-0.15, -0.1) is 0 Å². The molecule has 0 radical (unpaired) electrons. The van der Waals surface area contributed by atoms with Gasteiger partial charge in [0.25, 0.3) is 0 Å². The van der Waals surface area contributed by atoms with Crippen molar-refractivity contribution in [2.45, 2.75) is 76.8 Å². The molecule has 1 fully saturated rings. The number of esters is 1. The highest BCUT2D eigenvalue weighted by molar-refractivity contribution is 6.08. The van der Waals surface area contributed by atoms with E-state index in [1.165, 1.54) is 7.11 Å². The van der Waals surface area contributed by atoms with E-state index in [-0.39, 0.29) is 30.1 Å². The third kappa shape index (κ3) is 4.59. The van der Waals surface area contributed by atoms with Gasteiger partial charge in [-0.05, 0) is 29.9 Å². The predicted molar refractivity (Wildman–Crippen MR) is 119 cm³/mol. The van der Waals surface area contributed by atoms with E-state index in [4.69, 9.17) is 9.47 Å². The lowest BCUT2D eigenvalue weighted by atomic mass is 10.0. The number of amides is 3. The number of carbonyl (C=O) groups is 4. The average Bonchev–Trinajstić information content (AvgIpc) is 3.32. The van der Waals surface area contributed by atoms with Crippen LogP contribution in [-0.2, 0) is 41.5 Å². The molecule has 1 aromatic rings. The fraction of sp³-hybridized carbons (Fsp3) is 0.583. The molecule has 4 rings (SSSR count). The van der Waals surface area contributed by atoms with Crippen molar-refractivity contribution in [3.05, 3.63) is 29.3 Å². The SMILES string of the molecule is CC[C@H](C)CC(=O)N[C@H]1CCc2cccc3c2N(C1=O)[C@H](C(=O)NC1CC(=O)OC1OC)C3. The Hall–Kier alpha value is -2.94. The normalized spacial score (nSPS) is 26.9. The molecular formula is C24H31N3O6. The molecule has 33 heavy (non-hydrogen) atoms. The van der Waals surface area contributed by atoms with Gasteiger partial charge in [0.15, 0.2) is 0 Å². The Bertz CT molecular complexity index is 964. The van der Waals surface area contributed by atoms with Crippen molar-refractivity contribution >= 4 is 29.4 Å². The molecule has 0 aromatic heterocycles. The zero-order valence-electron chi connectivity index (χ0n) is 19.3.